The summed E-state index contributed by atoms with van der Waals surface area (Å²) >= 11 is 0. The molecule has 32 heavy (non-hydrogen) atoms. The zero-order valence-electron chi connectivity index (χ0n) is 18.6. The Hall–Kier alpha value is -2.40. The van der Waals surface area contributed by atoms with Crippen molar-refractivity contribution in [1.29, 1.82) is 0 Å². The Morgan fingerprint density at radius 1 is 1.19 bits per heavy atom. The number of ether oxygens (including phenoxy) is 1. The van der Waals surface area contributed by atoms with Crippen molar-refractivity contribution in [1.82, 2.24) is 15.5 Å². The average Bonchev–Trinajstić information content (AvgIpc) is 3.32. The summed E-state index contributed by atoms with van der Waals surface area (Å²) in [6.07, 6.45) is 2.43. The van der Waals surface area contributed by atoms with Crippen molar-refractivity contribution in [3.63, 3.8) is 0 Å². The predicted octanol–water partition coefficient (Wildman–Crippen LogP) is 4.11. The molecule has 1 aliphatic rings. The first-order chi connectivity index (χ1) is 15.1. The molecule has 0 spiro atoms. The second-order valence-electron chi connectivity index (χ2n) is 7.54. The van der Waals surface area contributed by atoms with Gasteiger partial charge in [-0.25, -0.2) is 4.99 Å². The first-order valence-corrected chi connectivity index (χ1v) is 10.7. The molecular weight excluding hydrogens is 521 g/mol. The molecule has 0 radical (unpaired) electrons. The summed E-state index contributed by atoms with van der Waals surface area (Å²) in [4.78, 5) is 17.6. The van der Waals surface area contributed by atoms with Crippen LogP contribution in [0.1, 0.15) is 36.9 Å². The van der Waals surface area contributed by atoms with Gasteiger partial charge in [0.05, 0.1) is 24.6 Å². The first-order valence-electron chi connectivity index (χ1n) is 10.7. The number of benzene rings is 2. The number of nitro groups is 1. The summed E-state index contributed by atoms with van der Waals surface area (Å²) in [6, 6.07) is 15.0. The molecule has 2 N–H and O–H groups in total. The Balaban J connectivity index is 0.00000363. The van der Waals surface area contributed by atoms with Crippen LogP contribution >= 0.6 is 24.0 Å². The van der Waals surface area contributed by atoms with Crippen LogP contribution in [0, 0.1) is 10.1 Å². The number of methoxy groups -OCH3 is 1. The summed E-state index contributed by atoms with van der Waals surface area (Å²) in [5.41, 5.74) is 2.23. The number of nitrogens with one attached hydrogen (secondary N) is 2. The summed E-state index contributed by atoms with van der Waals surface area (Å²) in [6.45, 7) is 6.11. The van der Waals surface area contributed by atoms with E-state index in [4.69, 9.17) is 4.74 Å². The highest BCUT2D eigenvalue weighted by atomic mass is 127. The third-order valence-electron chi connectivity index (χ3n) is 5.43. The molecule has 0 amide bonds. The fourth-order valence-corrected chi connectivity index (χ4v) is 3.79. The lowest BCUT2D eigenvalue weighted by Gasteiger charge is -2.29. The SMILES string of the molecule is CCNC(=NCc1ccc([N+](=O)[O-])cc1)NCC(c1cccc(OC)c1)N1CCCC1.I. The molecule has 8 nitrogen and oxygen atoms in total. The number of nitro benzene ring substituents is 1. The van der Waals surface area contributed by atoms with Crippen LogP contribution in [0.2, 0.25) is 0 Å². The van der Waals surface area contributed by atoms with Crippen molar-refractivity contribution < 1.29 is 9.66 Å². The van der Waals surface area contributed by atoms with E-state index >= 15 is 0 Å². The van der Waals surface area contributed by atoms with Gasteiger partial charge in [0.2, 0.25) is 0 Å². The van der Waals surface area contributed by atoms with Gasteiger partial charge in [-0.15, -0.1) is 24.0 Å². The topological polar surface area (TPSA) is 92.0 Å². The Morgan fingerprint density at radius 2 is 1.91 bits per heavy atom. The van der Waals surface area contributed by atoms with Crippen LogP contribution in [0.25, 0.3) is 0 Å². The first kappa shape index (κ1) is 25.9. The third-order valence-corrected chi connectivity index (χ3v) is 5.43. The van der Waals surface area contributed by atoms with E-state index in [-0.39, 0.29) is 35.7 Å². The fourth-order valence-electron chi connectivity index (χ4n) is 3.79. The zero-order chi connectivity index (χ0) is 22.1. The Labute approximate surface area is 206 Å². The monoisotopic (exact) mass is 553 g/mol. The summed E-state index contributed by atoms with van der Waals surface area (Å²) < 4.78 is 5.43. The van der Waals surface area contributed by atoms with Crippen molar-refractivity contribution in [2.75, 3.05) is 33.3 Å². The minimum Gasteiger partial charge on any atom is -0.497 e. The maximum Gasteiger partial charge on any atom is 0.269 e. The van der Waals surface area contributed by atoms with Crippen LogP contribution in [0.4, 0.5) is 5.69 Å². The third kappa shape index (κ3) is 7.33. The van der Waals surface area contributed by atoms with Gasteiger partial charge in [-0.05, 0) is 56.1 Å². The molecule has 3 rings (SSSR count). The van der Waals surface area contributed by atoms with Gasteiger partial charge in [0.15, 0.2) is 5.96 Å². The van der Waals surface area contributed by atoms with Crippen LogP contribution in [-0.4, -0.2) is 49.1 Å². The number of hydrogen-bond acceptors (Lipinski definition) is 5. The molecule has 0 bridgehead atoms. The molecule has 9 heteroatoms. The van der Waals surface area contributed by atoms with Crippen LogP contribution in [0.3, 0.4) is 0 Å². The number of aliphatic imine (C=N–C) groups is 1. The lowest BCUT2D eigenvalue weighted by atomic mass is 10.1. The average molecular weight is 553 g/mol. The molecule has 0 saturated carbocycles. The van der Waals surface area contributed by atoms with Crippen molar-refractivity contribution in [2.45, 2.75) is 32.4 Å². The number of rotatable bonds is 9. The van der Waals surface area contributed by atoms with Crippen molar-refractivity contribution in [3.8, 4) is 5.75 Å². The molecule has 1 fully saturated rings. The van der Waals surface area contributed by atoms with E-state index in [2.05, 4.69) is 32.7 Å². The van der Waals surface area contributed by atoms with Crippen LogP contribution in [-0.2, 0) is 6.54 Å². The molecule has 2 aromatic carbocycles. The number of nitrogens with zero attached hydrogens (tertiary/aromatic N) is 3. The second-order valence-corrected chi connectivity index (χ2v) is 7.54. The lowest BCUT2D eigenvalue weighted by Crippen LogP contribution is -2.42. The van der Waals surface area contributed by atoms with Gasteiger partial charge >= 0.3 is 0 Å². The van der Waals surface area contributed by atoms with Crippen molar-refractivity contribution in [3.05, 3.63) is 69.8 Å². The summed E-state index contributed by atoms with van der Waals surface area (Å²) in [5, 5.41) is 17.6. The highest BCUT2D eigenvalue weighted by Gasteiger charge is 2.24. The quantitative estimate of drug-likeness (QED) is 0.160. The zero-order valence-corrected chi connectivity index (χ0v) is 21.0. The Kier molecular flexibility index (Phi) is 10.7. The number of guanidine groups is 1. The standard InChI is InChI=1S/C23H31N5O3.HI/c1-3-24-23(25-16-18-9-11-20(12-10-18)28(29)30)26-17-22(27-13-4-5-14-27)19-7-6-8-21(15-19)31-2;/h6-12,15,22H,3-5,13-14,16-17H2,1-2H3,(H2,24,25,26);1H. The summed E-state index contributed by atoms with van der Waals surface area (Å²) in [5.74, 6) is 1.59. The van der Waals surface area contributed by atoms with E-state index < -0.39 is 4.92 Å². The molecule has 1 unspecified atom stereocenters. The van der Waals surface area contributed by atoms with E-state index in [1.165, 1.54) is 30.5 Å². The highest BCUT2D eigenvalue weighted by Crippen LogP contribution is 2.27. The van der Waals surface area contributed by atoms with Crippen molar-refractivity contribution >= 4 is 35.6 Å². The van der Waals surface area contributed by atoms with Gasteiger partial charge in [0, 0.05) is 25.2 Å². The molecule has 1 saturated heterocycles. The summed E-state index contributed by atoms with van der Waals surface area (Å²) in [7, 11) is 1.69. The lowest BCUT2D eigenvalue weighted by molar-refractivity contribution is -0.384. The van der Waals surface area contributed by atoms with Crippen LogP contribution < -0.4 is 15.4 Å². The highest BCUT2D eigenvalue weighted by molar-refractivity contribution is 14.0. The Morgan fingerprint density at radius 3 is 2.53 bits per heavy atom. The predicted molar refractivity (Wildman–Crippen MR) is 138 cm³/mol. The van der Waals surface area contributed by atoms with E-state index in [1.54, 1.807) is 19.2 Å². The van der Waals surface area contributed by atoms with Gasteiger partial charge < -0.3 is 15.4 Å². The van der Waals surface area contributed by atoms with E-state index in [9.17, 15) is 10.1 Å². The molecule has 174 valence electrons. The van der Waals surface area contributed by atoms with Gasteiger partial charge in [0.25, 0.3) is 5.69 Å². The normalized spacial score (nSPS) is 15.0. The molecule has 2 aromatic rings. The maximum atomic E-state index is 10.8. The molecule has 0 aliphatic carbocycles. The van der Waals surface area contributed by atoms with Gasteiger partial charge in [-0.2, -0.15) is 0 Å². The Bertz CT molecular complexity index is 885. The number of non-ortho nitro benzene ring substituents is 1. The number of hydrogen-bond donors (Lipinski definition) is 2. The minimum absolute atomic E-state index is 0. The number of likely N-dealkylation sites (tertiary alicyclic amines) is 1. The molecular formula is C23H32IN5O3. The van der Waals surface area contributed by atoms with Crippen LogP contribution in [0.5, 0.6) is 5.75 Å². The van der Waals surface area contributed by atoms with E-state index in [0.29, 0.717) is 6.54 Å². The smallest absolute Gasteiger partial charge is 0.269 e. The van der Waals surface area contributed by atoms with E-state index in [0.717, 1.165) is 43.5 Å². The molecule has 1 heterocycles. The second kappa shape index (κ2) is 13.2. The van der Waals surface area contributed by atoms with Crippen LogP contribution in [0.15, 0.2) is 53.5 Å². The van der Waals surface area contributed by atoms with Gasteiger partial charge in [-0.1, -0.05) is 24.3 Å². The number of halogens is 1. The maximum absolute atomic E-state index is 10.8. The molecule has 1 atom stereocenters. The fraction of sp³-hybridized carbons (Fsp3) is 0.435. The van der Waals surface area contributed by atoms with E-state index in [1.807, 2.05) is 19.1 Å². The van der Waals surface area contributed by atoms with Gasteiger partial charge in [-0.3, -0.25) is 15.0 Å². The van der Waals surface area contributed by atoms with Gasteiger partial charge in [0.1, 0.15) is 5.75 Å². The molecule has 0 aromatic heterocycles. The molecule has 1 aliphatic heterocycles. The largest absolute Gasteiger partial charge is 0.497 e. The van der Waals surface area contributed by atoms with Crippen molar-refractivity contribution in [2.24, 2.45) is 4.99 Å². The minimum atomic E-state index is -0.393.